The molecule has 1 fully saturated rings. The lowest BCUT2D eigenvalue weighted by Gasteiger charge is -2.36. The number of aromatic nitrogens is 1. The summed E-state index contributed by atoms with van der Waals surface area (Å²) in [6.07, 6.45) is 1.53. The van der Waals surface area contributed by atoms with Crippen LogP contribution in [0.25, 0.3) is 0 Å². The highest BCUT2D eigenvalue weighted by atomic mass is 32.2. The third kappa shape index (κ3) is 2.60. The van der Waals surface area contributed by atoms with Crippen molar-refractivity contribution in [3.63, 3.8) is 0 Å². The van der Waals surface area contributed by atoms with Gasteiger partial charge in [0, 0.05) is 41.9 Å². The number of nitrogens with two attached hydrogens (primary N) is 1. The first kappa shape index (κ1) is 13.6. The highest BCUT2D eigenvalue weighted by molar-refractivity contribution is 7.99. The summed E-state index contributed by atoms with van der Waals surface area (Å²) in [5, 5.41) is 0. The Labute approximate surface area is 111 Å². The maximum Gasteiger partial charge on any atom is 0.250 e. The van der Waals surface area contributed by atoms with Gasteiger partial charge in [0.05, 0.1) is 7.11 Å². The molecule has 18 heavy (non-hydrogen) atoms. The Kier molecular flexibility index (Phi) is 4.42. The van der Waals surface area contributed by atoms with E-state index in [-0.39, 0.29) is 18.0 Å². The summed E-state index contributed by atoms with van der Waals surface area (Å²) < 4.78 is 19.0. The van der Waals surface area contributed by atoms with E-state index in [2.05, 4.69) is 9.88 Å². The van der Waals surface area contributed by atoms with Gasteiger partial charge in [0.2, 0.25) is 5.88 Å². The van der Waals surface area contributed by atoms with Crippen LogP contribution in [-0.2, 0) is 0 Å². The van der Waals surface area contributed by atoms with Gasteiger partial charge >= 0.3 is 0 Å². The average Bonchev–Trinajstić information content (AvgIpc) is 2.39. The van der Waals surface area contributed by atoms with Crippen LogP contribution in [0.5, 0.6) is 5.88 Å². The van der Waals surface area contributed by atoms with Crippen molar-refractivity contribution in [3.8, 4) is 5.88 Å². The van der Waals surface area contributed by atoms with E-state index in [0.29, 0.717) is 5.56 Å². The third-order valence-electron chi connectivity index (χ3n) is 3.30. The van der Waals surface area contributed by atoms with Crippen LogP contribution in [0.1, 0.15) is 11.6 Å². The second kappa shape index (κ2) is 5.86. The van der Waals surface area contributed by atoms with Crippen LogP contribution >= 0.6 is 11.8 Å². The number of thioether (sulfide) groups is 1. The minimum Gasteiger partial charge on any atom is -0.479 e. The van der Waals surface area contributed by atoms with Crippen LogP contribution in [-0.4, -0.2) is 48.1 Å². The summed E-state index contributed by atoms with van der Waals surface area (Å²) in [7, 11) is 3.43. The summed E-state index contributed by atoms with van der Waals surface area (Å²) in [5.41, 5.74) is 6.68. The van der Waals surface area contributed by atoms with Gasteiger partial charge < -0.3 is 10.5 Å². The molecule has 1 saturated heterocycles. The molecule has 2 N–H and O–H groups in total. The summed E-state index contributed by atoms with van der Waals surface area (Å²) in [6, 6.07) is 1.42. The van der Waals surface area contributed by atoms with Crippen molar-refractivity contribution in [1.29, 1.82) is 0 Å². The lowest BCUT2D eigenvalue weighted by Crippen LogP contribution is -2.46. The Hall–Kier alpha value is -0.850. The second-order valence-corrected chi connectivity index (χ2v) is 5.52. The number of nitrogens with zero attached hydrogens (tertiary/aromatic N) is 2. The van der Waals surface area contributed by atoms with Crippen LogP contribution in [0.3, 0.4) is 0 Å². The van der Waals surface area contributed by atoms with Gasteiger partial charge in [0.15, 0.2) is 5.82 Å². The predicted molar refractivity (Wildman–Crippen MR) is 71.4 cm³/mol. The number of hydrogen-bond acceptors (Lipinski definition) is 5. The maximum absolute atomic E-state index is 14.1. The molecule has 2 atom stereocenters. The van der Waals surface area contributed by atoms with E-state index in [1.54, 1.807) is 6.07 Å². The van der Waals surface area contributed by atoms with Crippen LogP contribution in [0.15, 0.2) is 12.3 Å². The number of methoxy groups -OCH3 is 1. The first-order chi connectivity index (χ1) is 8.65. The largest absolute Gasteiger partial charge is 0.479 e. The van der Waals surface area contributed by atoms with Gasteiger partial charge in [-0.25, -0.2) is 9.37 Å². The highest BCUT2D eigenvalue weighted by Crippen LogP contribution is 2.28. The van der Waals surface area contributed by atoms with Gasteiger partial charge in [0.25, 0.3) is 0 Å². The van der Waals surface area contributed by atoms with Crippen molar-refractivity contribution >= 4 is 11.8 Å². The van der Waals surface area contributed by atoms with Crippen molar-refractivity contribution in [2.45, 2.75) is 12.1 Å². The van der Waals surface area contributed by atoms with E-state index < -0.39 is 5.82 Å². The fourth-order valence-electron chi connectivity index (χ4n) is 2.13. The van der Waals surface area contributed by atoms with E-state index in [4.69, 9.17) is 10.5 Å². The lowest BCUT2D eigenvalue weighted by atomic mass is 10.0. The molecule has 0 bridgehead atoms. The maximum atomic E-state index is 14.1. The Morgan fingerprint density at radius 3 is 3.11 bits per heavy atom. The summed E-state index contributed by atoms with van der Waals surface area (Å²) in [4.78, 5) is 6.02. The topological polar surface area (TPSA) is 51.4 Å². The Balaban J connectivity index is 2.24. The van der Waals surface area contributed by atoms with E-state index in [0.717, 1.165) is 18.1 Å². The number of ether oxygens (including phenoxy) is 1. The molecule has 1 aromatic heterocycles. The van der Waals surface area contributed by atoms with E-state index in [1.165, 1.54) is 13.3 Å². The first-order valence-electron chi connectivity index (χ1n) is 5.87. The van der Waals surface area contributed by atoms with Gasteiger partial charge in [-0.3, -0.25) is 4.90 Å². The zero-order valence-corrected chi connectivity index (χ0v) is 11.4. The molecule has 0 aliphatic carbocycles. The molecule has 2 unspecified atom stereocenters. The molecule has 1 aromatic rings. The standard InChI is InChI=1S/C12H18FN3OS/c1-16-5-6-18-7-9(16)11(14)8-3-4-15-12(17-2)10(8)13/h3-4,9,11H,5-7,14H2,1-2H3. The van der Waals surface area contributed by atoms with Gasteiger partial charge in [0.1, 0.15) is 0 Å². The van der Waals surface area contributed by atoms with Gasteiger partial charge in [-0.2, -0.15) is 11.8 Å². The number of pyridine rings is 1. The van der Waals surface area contributed by atoms with Crippen LogP contribution in [0.4, 0.5) is 4.39 Å². The van der Waals surface area contributed by atoms with E-state index in [1.807, 2.05) is 18.8 Å². The van der Waals surface area contributed by atoms with Crippen molar-refractivity contribution < 1.29 is 9.13 Å². The van der Waals surface area contributed by atoms with E-state index in [9.17, 15) is 4.39 Å². The highest BCUT2D eigenvalue weighted by Gasteiger charge is 2.29. The number of halogens is 1. The molecule has 2 heterocycles. The number of rotatable bonds is 3. The summed E-state index contributed by atoms with van der Waals surface area (Å²) in [5.74, 6) is 1.58. The lowest BCUT2D eigenvalue weighted by molar-refractivity contribution is 0.234. The molecule has 0 radical (unpaired) electrons. The zero-order chi connectivity index (χ0) is 13.1. The van der Waals surface area contributed by atoms with Crippen LogP contribution in [0.2, 0.25) is 0 Å². The molecular formula is C12H18FN3OS. The fraction of sp³-hybridized carbons (Fsp3) is 0.583. The molecule has 2 rings (SSSR count). The molecule has 4 nitrogen and oxygen atoms in total. The Bertz CT molecular complexity index is 418. The smallest absolute Gasteiger partial charge is 0.250 e. The van der Waals surface area contributed by atoms with Crippen LogP contribution in [0, 0.1) is 5.82 Å². The molecule has 0 amide bonds. The van der Waals surface area contributed by atoms with Gasteiger partial charge in [-0.05, 0) is 13.1 Å². The summed E-state index contributed by atoms with van der Waals surface area (Å²) >= 11 is 1.85. The van der Waals surface area contributed by atoms with Gasteiger partial charge in [-0.1, -0.05) is 0 Å². The Morgan fingerprint density at radius 2 is 2.44 bits per heavy atom. The predicted octanol–water partition coefficient (Wildman–Crippen LogP) is 1.28. The first-order valence-corrected chi connectivity index (χ1v) is 7.02. The average molecular weight is 271 g/mol. The van der Waals surface area contributed by atoms with Crippen LogP contribution < -0.4 is 10.5 Å². The third-order valence-corrected chi connectivity index (χ3v) is 4.35. The monoisotopic (exact) mass is 271 g/mol. The SMILES string of the molecule is COc1nccc(C(N)C2CSCCN2C)c1F. The molecule has 6 heteroatoms. The molecule has 1 aliphatic heterocycles. The molecule has 0 saturated carbocycles. The van der Waals surface area contributed by atoms with Crippen molar-refractivity contribution in [3.05, 3.63) is 23.6 Å². The number of likely N-dealkylation sites (N-methyl/N-ethyl adjacent to an activating group) is 1. The zero-order valence-electron chi connectivity index (χ0n) is 10.6. The molecule has 0 spiro atoms. The molecule has 100 valence electrons. The molecule has 1 aliphatic rings. The molecular weight excluding hydrogens is 253 g/mol. The Morgan fingerprint density at radius 1 is 1.67 bits per heavy atom. The minimum atomic E-state index is -0.448. The second-order valence-electron chi connectivity index (χ2n) is 4.37. The normalized spacial score (nSPS) is 22.8. The van der Waals surface area contributed by atoms with Crippen molar-refractivity contribution in [1.82, 2.24) is 9.88 Å². The summed E-state index contributed by atoms with van der Waals surface area (Å²) in [6.45, 7) is 0.979. The molecule has 0 aromatic carbocycles. The fourth-order valence-corrected chi connectivity index (χ4v) is 3.42. The minimum absolute atomic E-state index is 0.00839. The number of hydrogen-bond donors (Lipinski definition) is 1. The van der Waals surface area contributed by atoms with Crippen molar-refractivity contribution in [2.24, 2.45) is 5.73 Å². The quantitative estimate of drug-likeness (QED) is 0.897. The van der Waals surface area contributed by atoms with Crippen molar-refractivity contribution in [2.75, 3.05) is 32.2 Å². The van der Waals surface area contributed by atoms with E-state index >= 15 is 0 Å². The van der Waals surface area contributed by atoms with Gasteiger partial charge in [-0.15, -0.1) is 0 Å².